The molecule has 0 N–H and O–H groups in total. The number of hydrogen-bond acceptors (Lipinski definition) is 0. The maximum absolute atomic E-state index is 12.8. The first-order valence-electron chi connectivity index (χ1n) is 15.8. The van der Waals surface area contributed by atoms with Crippen LogP contribution in [0.5, 0.6) is 0 Å². The van der Waals surface area contributed by atoms with Crippen molar-refractivity contribution in [3.05, 3.63) is 171 Å². The number of halogens is 4. The van der Waals surface area contributed by atoms with E-state index in [1.807, 2.05) is 30.3 Å². The molecule has 5 aromatic carbocycles. The summed E-state index contributed by atoms with van der Waals surface area (Å²) in [5.74, 6) is -0.488. The Bertz CT molecular complexity index is 1850. The van der Waals surface area contributed by atoms with Crippen molar-refractivity contribution in [3.63, 3.8) is 0 Å². The van der Waals surface area contributed by atoms with Gasteiger partial charge < -0.3 is 24.8 Å². The van der Waals surface area contributed by atoms with Gasteiger partial charge in [0, 0.05) is 5.41 Å². The molecule has 244 valence electrons. The van der Waals surface area contributed by atoms with E-state index in [4.69, 9.17) is 0 Å². The molecule has 0 unspecified atom stereocenters. The summed E-state index contributed by atoms with van der Waals surface area (Å²) in [7, 11) is 0. The van der Waals surface area contributed by atoms with Gasteiger partial charge in [-0.25, -0.2) is 17.7 Å². The van der Waals surface area contributed by atoms with Crippen molar-refractivity contribution in [2.75, 3.05) is 0 Å². The number of fused-ring (bicyclic) bond motifs is 5. The summed E-state index contributed by atoms with van der Waals surface area (Å²) in [5, 5.41) is 0. The number of hydrogen-bond donors (Lipinski definition) is 0. The van der Waals surface area contributed by atoms with Crippen molar-refractivity contribution < 1.29 is 57.8 Å². The number of rotatable bonds is 2. The second kappa shape index (κ2) is 14.8. The third-order valence-electron chi connectivity index (χ3n) is 9.25. The molecule has 0 amide bonds. The van der Waals surface area contributed by atoms with Crippen LogP contribution in [0.4, 0.5) is 8.78 Å². The predicted octanol–water partition coefficient (Wildman–Crippen LogP) is 4.94. The maximum atomic E-state index is 12.8. The van der Waals surface area contributed by atoms with Crippen LogP contribution in [0.2, 0.25) is 0 Å². The zero-order valence-electron chi connectivity index (χ0n) is 28.1. The average molecular weight is 755 g/mol. The molecule has 0 aliphatic heterocycles. The normalized spacial score (nSPS) is 15.0. The summed E-state index contributed by atoms with van der Waals surface area (Å²) < 4.78 is 26.6. The number of allylic oxidation sites excluding steroid dienone is 4. The Kier molecular flexibility index (Phi) is 11.6. The molecule has 0 heterocycles. The van der Waals surface area contributed by atoms with Crippen LogP contribution in [0, 0.1) is 17.7 Å². The molecule has 0 bridgehead atoms. The van der Waals surface area contributed by atoms with Gasteiger partial charge in [0.1, 0.15) is 0 Å². The maximum Gasteiger partial charge on any atom is -0.172 e. The fourth-order valence-corrected chi connectivity index (χ4v) is 7.81. The molecule has 0 atom stereocenters. The molecule has 48 heavy (non-hydrogen) atoms. The Balaban J connectivity index is 0.000000195. The summed E-state index contributed by atoms with van der Waals surface area (Å²) in [6, 6.07) is 32.5. The first-order valence-corrected chi connectivity index (χ1v) is 17.0. The van der Waals surface area contributed by atoms with Crippen LogP contribution < -0.4 is 24.8 Å². The molecule has 0 spiro atoms. The molecule has 8 rings (SSSR count). The van der Waals surface area contributed by atoms with Gasteiger partial charge in [0.05, 0.1) is 0 Å². The van der Waals surface area contributed by atoms with Crippen LogP contribution in [0.25, 0.3) is 22.3 Å². The predicted molar refractivity (Wildman–Crippen MR) is 185 cm³/mol. The van der Waals surface area contributed by atoms with Gasteiger partial charge in [-0.15, -0.1) is 11.6 Å². The van der Waals surface area contributed by atoms with Gasteiger partial charge in [0.15, 0.2) is 0 Å². The van der Waals surface area contributed by atoms with E-state index in [-0.39, 0.29) is 47.3 Å². The minimum Gasteiger partial charge on any atom is -1.00 e. The molecule has 3 aliphatic rings. The van der Waals surface area contributed by atoms with E-state index in [0.29, 0.717) is 0 Å². The van der Waals surface area contributed by atoms with Crippen molar-refractivity contribution in [1.82, 2.24) is 0 Å². The van der Waals surface area contributed by atoms with Gasteiger partial charge >= 0.3 is 108 Å². The Hall–Kier alpha value is -3.10. The van der Waals surface area contributed by atoms with E-state index in [9.17, 15) is 8.78 Å². The molecule has 0 saturated carbocycles. The van der Waals surface area contributed by atoms with Crippen LogP contribution in [-0.2, 0) is 41.5 Å². The van der Waals surface area contributed by atoms with Gasteiger partial charge in [-0.2, -0.15) is 23.8 Å². The molecule has 0 radical (unpaired) electrons. The molecular weight excluding hydrogens is 717 g/mol. The van der Waals surface area contributed by atoms with E-state index in [0.717, 1.165) is 20.8 Å². The SMILES string of the molecule is CC1=[C-]C(C)(C)c2cc3c(cc21)-c1cc2c(cc1C3)C(C)(C)C=C2C.Fc1ccc([C](=[Zr+2])c2ccc(F)cc2)cc1.[Cl-].[Cl-].c1cc[cH-]c1. The second-order valence-electron chi connectivity index (χ2n) is 13.6. The van der Waals surface area contributed by atoms with Crippen molar-refractivity contribution in [1.29, 1.82) is 0 Å². The molecule has 0 fully saturated rings. The van der Waals surface area contributed by atoms with Gasteiger partial charge in [-0.1, -0.05) is 58.2 Å². The molecule has 3 aliphatic carbocycles. The van der Waals surface area contributed by atoms with E-state index < -0.39 is 0 Å². The van der Waals surface area contributed by atoms with Crippen molar-refractivity contribution in [3.8, 4) is 11.1 Å². The van der Waals surface area contributed by atoms with Gasteiger partial charge in [-0.05, 0) is 58.4 Å². The zero-order valence-corrected chi connectivity index (χ0v) is 32.1. The van der Waals surface area contributed by atoms with Crippen LogP contribution in [0.15, 0.2) is 109 Å². The largest absolute Gasteiger partial charge is 1.00 e. The van der Waals surface area contributed by atoms with E-state index >= 15 is 0 Å². The fourth-order valence-electron chi connectivity index (χ4n) is 7.00. The third-order valence-corrected chi connectivity index (χ3v) is 10.7. The molecule has 5 heteroatoms. The Labute approximate surface area is 311 Å². The summed E-state index contributed by atoms with van der Waals surface area (Å²) in [5.41, 5.74) is 16.5. The van der Waals surface area contributed by atoms with Crippen LogP contribution in [0.1, 0.15) is 86.1 Å². The smallest absolute Gasteiger partial charge is 0.172 e. The topological polar surface area (TPSA) is 0 Å². The summed E-state index contributed by atoms with van der Waals surface area (Å²) >= 11 is 1.22. The average Bonchev–Trinajstić information content (AvgIpc) is 3.79. The summed E-state index contributed by atoms with van der Waals surface area (Å²) in [4.78, 5) is 0. The molecular formula is C43H38Cl2F2Zr-2. The standard InChI is InChI=1S/C25H25.C13H8F2.C5H5.2ClH.Zr/c1-14-12-24(3,4)22-8-16-7-17-9-23-19(15(2)13-25(23,5)6)11-21(17)20(16)10-18(14)22;14-12-5-1-10(2-6-12)9-11-3-7-13(15)8-4-11;1-2-4-5-3-1;;;/h8-12H,7H2,1-6H3;1-8H;1-5H;2*1H;/q-1;;-1;;;+2/p-2. The van der Waals surface area contributed by atoms with E-state index in [2.05, 4.69) is 78.0 Å². The van der Waals surface area contributed by atoms with Gasteiger partial charge in [0.25, 0.3) is 0 Å². The van der Waals surface area contributed by atoms with E-state index in [1.165, 1.54) is 104 Å². The van der Waals surface area contributed by atoms with Crippen molar-refractivity contribution in [2.24, 2.45) is 0 Å². The van der Waals surface area contributed by atoms with Crippen LogP contribution in [0.3, 0.4) is 0 Å². The first-order chi connectivity index (χ1) is 21.8. The Morgan fingerprint density at radius 3 is 1.65 bits per heavy atom. The molecule has 0 nitrogen and oxygen atoms in total. The Morgan fingerprint density at radius 1 is 0.688 bits per heavy atom. The van der Waals surface area contributed by atoms with Gasteiger partial charge in [0.2, 0.25) is 0 Å². The first kappa shape index (κ1) is 37.7. The quantitative estimate of drug-likeness (QED) is 0.220. The Morgan fingerprint density at radius 2 is 1.17 bits per heavy atom. The minimum absolute atomic E-state index is 0. The van der Waals surface area contributed by atoms with Crippen LogP contribution in [-0.4, -0.2) is 3.21 Å². The fraction of sp³-hybridized carbons (Fsp3) is 0.209. The zero-order chi connectivity index (χ0) is 32.8. The monoisotopic (exact) mass is 752 g/mol. The second-order valence-corrected chi connectivity index (χ2v) is 14.8. The van der Waals surface area contributed by atoms with E-state index in [1.54, 1.807) is 24.3 Å². The summed E-state index contributed by atoms with van der Waals surface area (Å²) in [6.07, 6.45) is 7.13. The minimum atomic E-state index is -0.244. The van der Waals surface area contributed by atoms with Crippen molar-refractivity contribution in [2.45, 2.75) is 58.8 Å². The molecule has 5 aromatic rings. The van der Waals surface area contributed by atoms with Gasteiger partial charge in [-0.3, -0.25) is 6.08 Å². The number of benzene rings is 4. The van der Waals surface area contributed by atoms with Crippen LogP contribution >= 0.6 is 0 Å². The molecule has 0 aromatic heterocycles. The van der Waals surface area contributed by atoms with Crippen molar-refractivity contribution >= 4 is 14.4 Å². The molecule has 0 saturated heterocycles. The summed E-state index contributed by atoms with van der Waals surface area (Å²) in [6.45, 7) is 13.7. The third kappa shape index (κ3) is 7.55.